The SMILES string of the molecule is CCCCCCCCCCCCCCCCC[n+]1ccn(C(C)CCCCCCCCCCCCCCCC)c1C(C)C. The molecule has 43 heavy (non-hydrogen) atoms. The summed E-state index contributed by atoms with van der Waals surface area (Å²) in [5.74, 6) is 2.13. The van der Waals surface area contributed by atoms with Crippen LogP contribution >= 0.6 is 0 Å². The van der Waals surface area contributed by atoms with Crippen molar-refractivity contribution in [1.82, 2.24) is 4.57 Å². The van der Waals surface area contributed by atoms with Gasteiger partial charge in [-0.15, -0.1) is 0 Å². The van der Waals surface area contributed by atoms with E-state index in [2.05, 4.69) is 56.1 Å². The van der Waals surface area contributed by atoms with Gasteiger partial charge < -0.3 is 0 Å². The summed E-state index contributed by atoms with van der Waals surface area (Å²) in [5.41, 5.74) is 0. The number of nitrogens with zero attached hydrogens (tertiary/aromatic N) is 2. The van der Waals surface area contributed by atoms with Gasteiger partial charge in [0.1, 0.15) is 12.4 Å². The van der Waals surface area contributed by atoms with Gasteiger partial charge in [-0.1, -0.05) is 195 Å². The van der Waals surface area contributed by atoms with Crippen molar-refractivity contribution in [3.8, 4) is 0 Å². The highest BCUT2D eigenvalue weighted by atomic mass is 15.2. The Labute approximate surface area is 272 Å². The first-order valence-electron chi connectivity index (χ1n) is 20.2. The zero-order chi connectivity index (χ0) is 31.2. The lowest BCUT2D eigenvalue weighted by atomic mass is 10.0. The summed E-state index contributed by atoms with van der Waals surface area (Å²) >= 11 is 0. The minimum Gasteiger partial charge on any atom is -0.234 e. The Kier molecular flexibility index (Phi) is 28.0. The normalized spacial score (nSPS) is 12.5. The van der Waals surface area contributed by atoms with Crippen molar-refractivity contribution in [3.05, 3.63) is 18.2 Å². The minimum absolute atomic E-state index is 0.588. The first-order chi connectivity index (χ1) is 21.1. The van der Waals surface area contributed by atoms with Gasteiger partial charge in [-0.25, -0.2) is 9.13 Å². The second-order valence-corrected chi connectivity index (χ2v) is 14.6. The Morgan fingerprint density at radius 3 is 1.14 bits per heavy atom. The fourth-order valence-electron chi connectivity index (χ4n) is 7.07. The van der Waals surface area contributed by atoms with Crippen molar-refractivity contribution < 1.29 is 4.57 Å². The Morgan fingerprint density at radius 2 is 0.791 bits per heavy atom. The number of hydrogen-bond acceptors (Lipinski definition) is 0. The molecule has 0 N–H and O–H groups in total. The standard InChI is InChI=1S/C41H81N2/c1-6-8-10-12-14-16-18-20-22-24-26-28-30-32-34-36-42-37-38-43(41(42)39(3)4)40(5)35-33-31-29-27-25-23-21-19-17-15-13-11-9-7-2/h37-40H,6-36H2,1-5H3/q+1. The molecule has 0 aliphatic rings. The fraction of sp³-hybridized carbons (Fsp3) is 0.927. The molecule has 2 heteroatoms. The quantitative estimate of drug-likeness (QED) is 0.0559. The first-order valence-corrected chi connectivity index (χ1v) is 20.2. The van der Waals surface area contributed by atoms with Gasteiger partial charge in [-0.2, -0.15) is 0 Å². The van der Waals surface area contributed by atoms with Gasteiger partial charge >= 0.3 is 0 Å². The van der Waals surface area contributed by atoms with Crippen LogP contribution in [0.3, 0.4) is 0 Å². The van der Waals surface area contributed by atoms with E-state index in [9.17, 15) is 0 Å². The molecule has 0 amide bonds. The molecule has 0 spiro atoms. The highest BCUT2D eigenvalue weighted by Crippen LogP contribution is 2.22. The maximum absolute atomic E-state index is 2.61. The maximum Gasteiger partial charge on any atom is 0.259 e. The van der Waals surface area contributed by atoms with Gasteiger partial charge in [0.25, 0.3) is 5.82 Å². The van der Waals surface area contributed by atoms with E-state index < -0.39 is 0 Å². The van der Waals surface area contributed by atoms with Crippen LogP contribution in [0.2, 0.25) is 0 Å². The first kappa shape index (κ1) is 40.2. The third-order valence-electron chi connectivity index (χ3n) is 9.94. The highest BCUT2D eigenvalue weighted by Gasteiger charge is 2.23. The number of imidazole rings is 1. The third kappa shape index (κ3) is 22.4. The van der Waals surface area contributed by atoms with Crippen molar-refractivity contribution >= 4 is 0 Å². The van der Waals surface area contributed by atoms with Crippen molar-refractivity contribution in [2.45, 2.75) is 246 Å². The molecule has 1 unspecified atom stereocenters. The number of aryl methyl sites for hydroxylation is 1. The number of rotatable bonds is 33. The van der Waals surface area contributed by atoms with E-state index in [0.717, 1.165) is 0 Å². The molecule has 1 aromatic rings. The Morgan fingerprint density at radius 1 is 0.465 bits per heavy atom. The van der Waals surface area contributed by atoms with Gasteiger partial charge in [0.15, 0.2) is 0 Å². The molecular weight excluding hydrogens is 520 g/mol. The van der Waals surface area contributed by atoms with Crippen LogP contribution in [0.15, 0.2) is 12.4 Å². The van der Waals surface area contributed by atoms with Gasteiger partial charge in [-0.05, 0) is 32.6 Å². The van der Waals surface area contributed by atoms with E-state index in [1.807, 2.05) is 0 Å². The molecular formula is C41H81N2+. The monoisotopic (exact) mass is 602 g/mol. The van der Waals surface area contributed by atoms with Crippen LogP contribution in [-0.2, 0) is 6.54 Å². The summed E-state index contributed by atoms with van der Waals surface area (Å²) in [6.07, 6.45) is 47.9. The van der Waals surface area contributed by atoms with Gasteiger partial charge in [0.2, 0.25) is 0 Å². The van der Waals surface area contributed by atoms with E-state index in [4.69, 9.17) is 0 Å². The molecule has 0 aromatic carbocycles. The Balaban J connectivity index is 2.07. The lowest BCUT2D eigenvalue weighted by Gasteiger charge is -2.14. The molecule has 0 aliphatic heterocycles. The summed E-state index contributed by atoms with van der Waals surface area (Å²) in [6, 6.07) is 0.622. The number of aromatic nitrogens is 2. The smallest absolute Gasteiger partial charge is 0.234 e. The zero-order valence-corrected chi connectivity index (χ0v) is 30.6. The molecule has 0 saturated heterocycles. The summed E-state index contributed by atoms with van der Waals surface area (Å²) in [6.45, 7) is 13.0. The van der Waals surface area contributed by atoms with Gasteiger partial charge in [0.05, 0.1) is 18.5 Å². The number of hydrogen-bond donors (Lipinski definition) is 0. The van der Waals surface area contributed by atoms with Crippen LogP contribution in [0.25, 0.3) is 0 Å². The maximum atomic E-state index is 2.61. The molecule has 1 aromatic heterocycles. The topological polar surface area (TPSA) is 8.81 Å². The Hall–Kier alpha value is -0.790. The summed E-state index contributed by atoms with van der Waals surface area (Å²) < 4.78 is 5.19. The summed E-state index contributed by atoms with van der Waals surface area (Å²) in [4.78, 5) is 0. The lowest BCUT2D eigenvalue weighted by molar-refractivity contribution is -0.705. The third-order valence-corrected chi connectivity index (χ3v) is 9.94. The molecule has 0 bridgehead atoms. The molecule has 0 fully saturated rings. The lowest BCUT2D eigenvalue weighted by Crippen LogP contribution is -2.38. The van der Waals surface area contributed by atoms with Crippen LogP contribution < -0.4 is 4.57 Å². The van der Waals surface area contributed by atoms with Crippen LogP contribution in [-0.4, -0.2) is 4.57 Å². The number of unbranched alkanes of at least 4 members (excludes halogenated alkanes) is 27. The van der Waals surface area contributed by atoms with Crippen molar-refractivity contribution in [1.29, 1.82) is 0 Å². The van der Waals surface area contributed by atoms with Crippen LogP contribution in [0.5, 0.6) is 0 Å². The van der Waals surface area contributed by atoms with Crippen LogP contribution in [0, 0.1) is 0 Å². The molecule has 2 nitrogen and oxygen atoms in total. The molecule has 0 radical (unpaired) electrons. The largest absolute Gasteiger partial charge is 0.259 e. The van der Waals surface area contributed by atoms with Crippen molar-refractivity contribution in [3.63, 3.8) is 0 Å². The van der Waals surface area contributed by atoms with Gasteiger partial charge in [0, 0.05) is 0 Å². The van der Waals surface area contributed by atoms with E-state index in [1.54, 1.807) is 5.82 Å². The van der Waals surface area contributed by atoms with Gasteiger partial charge in [-0.3, -0.25) is 0 Å². The van der Waals surface area contributed by atoms with Crippen LogP contribution in [0.1, 0.15) is 245 Å². The van der Waals surface area contributed by atoms with E-state index >= 15 is 0 Å². The van der Waals surface area contributed by atoms with E-state index in [-0.39, 0.29) is 0 Å². The summed E-state index contributed by atoms with van der Waals surface area (Å²) in [7, 11) is 0. The van der Waals surface area contributed by atoms with Crippen molar-refractivity contribution in [2.24, 2.45) is 0 Å². The molecule has 254 valence electrons. The highest BCUT2D eigenvalue weighted by molar-refractivity contribution is 4.92. The Bertz CT molecular complexity index is 690. The molecule has 1 atom stereocenters. The predicted octanol–water partition coefficient (Wildman–Crippen LogP) is 14.2. The van der Waals surface area contributed by atoms with E-state index in [0.29, 0.717) is 12.0 Å². The average molecular weight is 602 g/mol. The predicted molar refractivity (Wildman–Crippen MR) is 193 cm³/mol. The second-order valence-electron chi connectivity index (χ2n) is 14.6. The summed E-state index contributed by atoms with van der Waals surface area (Å²) in [5, 5.41) is 0. The van der Waals surface area contributed by atoms with Crippen LogP contribution in [0.4, 0.5) is 0 Å². The second kappa shape index (κ2) is 29.9. The molecule has 1 heterocycles. The molecule has 1 rings (SSSR count). The van der Waals surface area contributed by atoms with Crippen molar-refractivity contribution in [2.75, 3.05) is 0 Å². The van der Waals surface area contributed by atoms with E-state index in [1.165, 1.54) is 199 Å². The minimum atomic E-state index is 0.588. The fourth-order valence-corrected chi connectivity index (χ4v) is 7.07. The molecule has 0 saturated carbocycles. The zero-order valence-electron chi connectivity index (χ0n) is 30.6. The molecule has 0 aliphatic carbocycles. The average Bonchev–Trinajstić information content (AvgIpc) is 3.43.